The van der Waals surface area contributed by atoms with E-state index in [9.17, 15) is 4.79 Å². The Labute approximate surface area is 139 Å². The number of thiophene rings is 1. The van der Waals surface area contributed by atoms with Crippen LogP contribution < -0.4 is 5.32 Å². The van der Waals surface area contributed by atoms with Gasteiger partial charge in [-0.3, -0.25) is 4.79 Å². The van der Waals surface area contributed by atoms with Gasteiger partial charge in [-0.1, -0.05) is 13.0 Å². The van der Waals surface area contributed by atoms with Crippen molar-refractivity contribution in [2.24, 2.45) is 5.92 Å². The normalized spacial score (nSPS) is 17.2. The Morgan fingerprint density at radius 1 is 1.48 bits per heavy atom. The Bertz CT molecular complexity index is 831. The van der Waals surface area contributed by atoms with Gasteiger partial charge in [-0.15, -0.1) is 11.3 Å². The fourth-order valence-electron chi connectivity index (χ4n) is 3.15. The highest BCUT2D eigenvalue weighted by Gasteiger charge is 2.20. The number of fused-ring (bicyclic) bond motifs is 2. The number of nitrogens with one attached hydrogen (secondary N) is 1. The first-order valence-electron chi connectivity index (χ1n) is 8.01. The van der Waals surface area contributed by atoms with E-state index in [0.29, 0.717) is 6.54 Å². The van der Waals surface area contributed by atoms with E-state index >= 15 is 0 Å². The molecule has 0 aromatic carbocycles. The number of nitrogens with zero attached hydrogens (tertiary/aromatic N) is 2. The molecule has 1 atom stereocenters. The summed E-state index contributed by atoms with van der Waals surface area (Å²) >= 11 is 1.65. The van der Waals surface area contributed by atoms with Crippen molar-refractivity contribution in [1.29, 1.82) is 0 Å². The molecular formula is C18H19N3OS. The fourth-order valence-corrected chi connectivity index (χ4v) is 4.27. The molecule has 3 heterocycles. The summed E-state index contributed by atoms with van der Waals surface area (Å²) in [6.45, 7) is 2.74. The zero-order valence-electron chi connectivity index (χ0n) is 13.1. The molecule has 0 bridgehead atoms. The van der Waals surface area contributed by atoms with Gasteiger partial charge in [0.25, 0.3) is 5.91 Å². The van der Waals surface area contributed by atoms with Crippen LogP contribution in [0.4, 0.5) is 0 Å². The molecule has 4 rings (SSSR count). The number of hydrogen-bond acceptors (Lipinski definition) is 3. The van der Waals surface area contributed by atoms with Crippen LogP contribution >= 0.6 is 11.3 Å². The highest BCUT2D eigenvalue weighted by atomic mass is 32.1. The van der Waals surface area contributed by atoms with Gasteiger partial charge < -0.3 is 9.72 Å². The number of rotatable bonds is 3. The summed E-state index contributed by atoms with van der Waals surface area (Å²) in [5.74, 6) is 0.736. The summed E-state index contributed by atoms with van der Waals surface area (Å²) in [6, 6.07) is 7.96. The van der Waals surface area contributed by atoms with Crippen LogP contribution in [0.1, 0.15) is 39.2 Å². The zero-order chi connectivity index (χ0) is 15.8. The largest absolute Gasteiger partial charge is 0.346 e. The third-order valence-electron chi connectivity index (χ3n) is 4.40. The minimum absolute atomic E-state index is 0.00843. The van der Waals surface area contributed by atoms with Crippen LogP contribution in [0.25, 0.3) is 5.65 Å². The van der Waals surface area contributed by atoms with Gasteiger partial charge in [0.2, 0.25) is 0 Å². The molecule has 0 saturated heterocycles. The van der Waals surface area contributed by atoms with Crippen molar-refractivity contribution < 1.29 is 4.79 Å². The molecule has 3 aromatic rings. The number of aryl methyl sites for hydroxylation is 1. The number of hydrogen-bond donors (Lipinski definition) is 1. The molecule has 0 saturated carbocycles. The Kier molecular flexibility index (Phi) is 3.65. The molecule has 0 aliphatic heterocycles. The molecule has 0 unspecified atom stereocenters. The first-order valence-corrected chi connectivity index (χ1v) is 8.83. The Balaban J connectivity index is 1.45. The van der Waals surface area contributed by atoms with Crippen molar-refractivity contribution in [1.82, 2.24) is 14.7 Å². The van der Waals surface area contributed by atoms with Gasteiger partial charge in [-0.05, 0) is 48.9 Å². The second-order valence-corrected chi connectivity index (χ2v) is 7.42. The van der Waals surface area contributed by atoms with Crippen LogP contribution in [0.15, 0.2) is 36.7 Å². The van der Waals surface area contributed by atoms with Crippen LogP contribution in [0, 0.1) is 5.92 Å². The van der Waals surface area contributed by atoms with Crippen LogP contribution in [-0.2, 0) is 19.4 Å². The third kappa shape index (κ3) is 2.88. The molecule has 1 N–H and O–H groups in total. The predicted molar refractivity (Wildman–Crippen MR) is 91.9 cm³/mol. The van der Waals surface area contributed by atoms with Crippen LogP contribution in [-0.4, -0.2) is 15.3 Å². The van der Waals surface area contributed by atoms with E-state index < -0.39 is 0 Å². The minimum Gasteiger partial charge on any atom is -0.346 e. The molecule has 0 spiro atoms. The average molecular weight is 325 g/mol. The minimum atomic E-state index is 0.00843. The van der Waals surface area contributed by atoms with E-state index in [2.05, 4.69) is 23.3 Å². The lowest BCUT2D eigenvalue weighted by atomic mass is 9.90. The first kappa shape index (κ1) is 14.5. The maximum atomic E-state index is 12.4. The van der Waals surface area contributed by atoms with Gasteiger partial charge in [-0.2, -0.15) is 0 Å². The average Bonchev–Trinajstić information content (AvgIpc) is 3.15. The summed E-state index contributed by atoms with van der Waals surface area (Å²) < 4.78 is 1.97. The monoisotopic (exact) mass is 325 g/mol. The summed E-state index contributed by atoms with van der Waals surface area (Å²) in [4.78, 5) is 19.1. The van der Waals surface area contributed by atoms with Crippen LogP contribution in [0.5, 0.6) is 0 Å². The molecular weight excluding hydrogens is 306 g/mol. The van der Waals surface area contributed by atoms with Crippen molar-refractivity contribution in [2.75, 3.05) is 0 Å². The number of aromatic nitrogens is 2. The van der Waals surface area contributed by atoms with Crippen LogP contribution in [0.3, 0.4) is 0 Å². The lowest BCUT2D eigenvalue weighted by Crippen LogP contribution is -2.21. The molecule has 4 nitrogen and oxygen atoms in total. The van der Waals surface area contributed by atoms with E-state index in [1.54, 1.807) is 11.3 Å². The standard InChI is InChI=1S/C18H19N3OS/c1-12-5-6-15-13(8-12)9-16(23-15)18(22)19-10-14-11-21-7-3-2-4-17(21)20-14/h2-4,7,9,11-12H,5-6,8,10H2,1H3,(H,19,22)/t12-/m1/s1. The summed E-state index contributed by atoms with van der Waals surface area (Å²) in [5, 5.41) is 2.99. The molecule has 0 radical (unpaired) electrons. The SMILES string of the molecule is C[C@@H]1CCc2sc(C(=O)NCc3cn4ccccc4n3)cc2C1. The van der Waals surface area contributed by atoms with Crippen LogP contribution in [0.2, 0.25) is 0 Å². The van der Waals surface area contributed by atoms with Crippen molar-refractivity contribution in [2.45, 2.75) is 32.7 Å². The number of carbonyl (C=O) groups is 1. The number of amides is 1. The molecule has 118 valence electrons. The van der Waals surface area contributed by atoms with E-state index in [0.717, 1.165) is 35.0 Å². The third-order valence-corrected chi connectivity index (χ3v) is 5.63. The van der Waals surface area contributed by atoms with E-state index in [-0.39, 0.29) is 5.91 Å². The predicted octanol–water partition coefficient (Wildman–Crippen LogP) is 3.45. The van der Waals surface area contributed by atoms with E-state index in [4.69, 9.17) is 0 Å². The van der Waals surface area contributed by atoms with Gasteiger partial charge in [0.05, 0.1) is 17.1 Å². The lowest BCUT2D eigenvalue weighted by molar-refractivity contribution is 0.0954. The van der Waals surface area contributed by atoms with Crippen molar-refractivity contribution in [3.05, 3.63) is 57.7 Å². The highest BCUT2D eigenvalue weighted by Crippen LogP contribution is 2.32. The summed E-state index contributed by atoms with van der Waals surface area (Å²) in [5.41, 5.74) is 3.14. The lowest BCUT2D eigenvalue weighted by Gasteiger charge is -2.16. The van der Waals surface area contributed by atoms with Crippen molar-refractivity contribution in [3.63, 3.8) is 0 Å². The van der Waals surface area contributed by atoms with Gasteiger partial charge in [0.15, 0.2) is 0 Å². The molecule has 23 heavy (non-hydrogen) atoms. The summed E-state index contributed by atoms with van der Waals surface area (Å²) in [6.07, 6.45) is 7.36. The van der Waals surface area contributed by atoms with Crippen molar-refractivity contribution in [3.8, 4) is 0 Å². The van der Waals surface area contributed by atoms with Crippen molar-refractivity contribution >= 4 is 22.9 Å². The second kappa shape index (κ2) is 5.81. The number of carbonyl (C=O) groups excluding carboxylic acids is 1. The zero-order valence-corrected chi connectivity index (χ0v) is 13.9. The quantitative estimate of drug-likeness (QED) is 0.802. The molecule has 3 aromatic heterocycles. The van der Waals surface area contributed by atoms with Gasteiger partial charge in [-0.25, -0.2) is 4.98 Å². The second-order valence-electron chi connectivity index (χ2n) is 6.29. The molecule has 1 aliphatic rings. The summed E-state index contributed by atoms with van der Waals surface area (Å²) in [7, 11) is 0. The molecule has 1 amide bonds. The smallest absolute Gasteiger partial charge is 0.261 e. The Hall–Kier alpha value is -2.14. The van der Waals surface area contributed by atoms with Gasteiger partial charge in [0.1, 0.15) is 5.65 Å². The maximum absolute atomic E-state index is 12.4. The first-order chi connectivity index (χ1) is 11.2. The van der Waals surface area contributed by atoms with Gasteiger partial charge in [0, 0.05) is 17.3 Å². The fraction of sp³-hybridized carbons (Fsp3) is 0.333. The molecule has 5 heteroatoms. The Morgan fingerprint density at radius 3 is 3.26 bits per heavy atom. The number of imidazole rings is 1. The highest BCUT2D eigenvalue weighted by molar-refractivity contribution is 7.14. The maximum Gasteiger partial charge on any atom is 0.261 e. The number of pyridine rings is 1. The molecule has 0 fully saturated rings. The van der Waals surface area contributed by atoms with E-state index in [1.807, 2.05) is 35.0 Å². The Morgan fingerprint density at radius 2 is 2.39 bits per heavy atom. The van der Waals surface area contributed by atoms with E-state index in [1.165, 1.54) is 16.9 Å². The molecule has 1 aliphatic carbocycles. The van der Waals surface area contributed by atoms with Gasteiger partial charge >= 0.3 is 0 Å². The topological polar surface area (TPSA) is 46.4 Å².